The Kier molecular flexibility index (Phi) is 4.12. The van der Waals surface area contributed by atoms with Crippen LogP contribution < -0.4 is 4.74 Å². The lowest BCUT2D eigenvalue weighted by molar-refractivity contribution is 0.242. The van der Waals surface area contributed by atoms with Gasteiger partial charge in [0, 0.05) is 4.90 Å². The topological polar surface area (TPSA) is 29.5 Å². The van der Waals surface area contributed by atoms with Crippen LogP contribution in [0.3, 0.4) is 0 Å². The van der Waals surface area contributed by atoms with Gasteiger partial charge in [0.1, 0.15) is 5.75 Å². The second-order valence-electron chi connectivity index (χ2n) is 2.91. The highest BCUT2D eigenvalue weighted by Crippen LogP contribution is 2.20. The summed E-state index contributed by atoms with van der Waals surface area (Å²) in [7, 11) is 0. The average molecular weight is 198 g/mol. The van der Waals surface area contributed by atoms with Crippen LogP contribution >= 0.6 is 11.8 Å². The lowest BCUT2D eigenvalue weighted by Crippen LogP contribution is -2.05. The van der Waals surface area contributed by atoms with Crippen LogP contribution in [0.5, 0.6) is 5.75 Å². The number of rotatable bonds is 4. The maximum absolute atomic E-state index is 8.67. The molecule has 0 saturated carbocycles. The first-order valence-electron chi connectivity index (χ1n) is 4.22. The molecule has 0 heterocycles. The van der Waals surface area contributed by atoms with Crippen LogP contribution in [0.2, 0.25) is 0 Å². The Morgan fingerprint density at radius 1 is 1.31 bits per heavy atom. The van der Waals surface area contributed by atoms with E-state index < -0.39 is 0 Å². The summed E-state index contributed by atoms with van der Waals surface area (Å²) < 4.78 is 5.48. The largest absolute Gasteiger partial charge is 0.491 e. The van der Waals surface area contributed by atoms with Gasteiger partial charge in [0.05, 0.1) is 12.0 Å². The van der Waals surface area contributed by atoms with Crippen LogP contribution in [0.4, 0.5) is 0 Å². The Morgan fingerprint density at radius 3 is 2.38 bits per heavy atom. The first-order valence-corrected chi connectivity index (χ1v) is 5.21. The Hall–Kier alpha value is -0.670. The Labute approximate surface area is 82.9 Å². The number of hydrogen-bond acceptors (Lipinski definition) is 3. The summed E-state index contributed by atoms with van der Waals surface area (Å²) in [5, 5.41) is 8.67. The molecule has 0 bridgehead atoms. The standard InChI is InChI=1S/C10H14O2S/c1-8(2)12-9-3-5-10(6-4-9)13-7-11/h3-6,8,11H,7H2,1-2H3. The first kappa shape index (κ1) is 10.4. The summed E-state index contributed by atoms with van der Waals surface area (Å²) >= 11 is 1.40. The van der Waals surface area contributed by atoms with Gasteiger partial charge in [0.15, 0.2) is 0 Å². The Balaban J connectivity index is 2.59. The number of hydrogen-bond donors (Lipinski definition) is 1. The fraction of sp³-hybridized carbons (Fsp3) is 0.400. The van der Waals surface area contributed by atoms with Crippen molar-refractivity contribution in [3.63, 3.8) is 0 Å². The van der Waals surface area contributed by atoms with Crippen molar-refractivity contribution in [1.29, 1.82) is 0 Å². The molecular formula is C10H14O2S. The molecule has 0 radical (unpaired) electrons. The third kappa shape index (κ3) is 3.70. The third-order valence-electron chi connectivity index (χ3n) is 1.43. The maximum atomic E-state index is 8.67. The van der Waals surface area contributed by atoms with Crippen molar-refractivity contribution in [3.8, 4) is 5.75 Å². The number of ether oxygens (including phenoxy) is 1. The highest BCUT2D eigenvalue weighted by atomic mass is 32.2. The van der Waals surface area contributed by atoms with Crippen LogP contribution in [0.15, 0.2) is 29.2 Å². The molecule has 3 heteroatoms. The molecule has 0 aliphatic carbocycles. The van der Waals surface area contributed by atoms with Gasteiger partial charge < -0.3 is 9.84 Å². The van der Waals surface area contributed by atoms with Gasteiger partial charge in [-0.25, -0.2) is 0 Å². The van der Waals surface area contributed by atoms with E-state index in [1.54, 1.807) is 0 Å². The van der Waals surface area contributed by atoms with E-state index in [0.717, 1.165) is 10.6 Å². The Bertz CT molecular complexity index is 244. The highest BCUT2D eigenvalue weighted by Gasteiger charge is 1.97. The van der Waals surface area contributed by atoms with E-state index in [4.69, 9.17) is 9.84 Å². The van der Waals surface area contributed by atoms with Gasteiger partial charge in [-0.2, -0.15) is 0 Å². The number of benzene rings is 1. The molecule has 0 aromatic heterocycles. The molecule has 2 nitrogen and oxygen atoms in total. The van der Waals surface area contributed by atoms with Crippen molar-refractivity contribution in [2.75, 3.05) is 5.94 Å². The molecule has 0 saturated heterocycles. The molecule has 0 atom stereocenters. The SMILES string of the molecule is CC(C)Oc1ccc(SCO)cc1. The minimum absolute atomic E-state index is 0.115. The van der Waals surface area contributed by atoms with Crippen LogP contribution in [0, 0.1) is 0 Å². The molecular weight excluding hydrogens is 184 g/mol. The van der Waals surface area contributed by atoms with Crippen molar-refractivity contribution in [3.05, 3.63) is 24.3 Å². The zero-order valence-corrected chi connectivity index (χ0v) is 8.67. The van der Waals surface area contributed by atoms with Crippen LogP contribution in [-0.2, 0) is 0 Å². The zero-order valence-electron chi connectivity index (χ0n) is 7.86. The molecule has 0 fully saturated rings. The van der Waals surface area contributed by atoms with Crippen LogP contribution in [0.1, 0.15) is 13.8 Å². The van der Waals surface area contributed by atoms with E-state index in [0.29, 0.717) is 0 Å². The van der Waals surface area contributed by atoms with E-state index >= 15 is 0 Å². The highest BCUT2D eigenvalue weighted by molar-refractivity contribution is 7.99. The molecule has 0 aliphatic rings. The van der Waals surface area contributed by atoms with Gasteiger partial charge in [-0.3, -0.25) is 0 Å². The van der Waals surface area contributed by atoms with Gasteiger partial charge in [-0.1, -0.05) is 11.8 Å². The molecule has 0 aliphatic heterocycles. The molecule has 72 valence electrons. The minimum Gasteiger partial charge on any atom is -0.491 e. The van der Waals surface area contributed by atoms with Crippen LogP contribution in [-0.4, -0.2) is 17.1 Å². The summed E-state index contributed by atoms with van der Waals surface area (Å²) in [6, 6.07) is 7.72. The van der Waals surface area contributed by atoms with E-state index in [1.807, 2.05) is 38.1 Å². The van der Waals surface area contributed by atoms with E-state index in [-0.39, 0.29) is 12.0 Å². The zero-order chi connectivity index (χ0) is 9.68. The summed E-state index contributed by atoms with van der Waals surface area (Å²) in [6.45, 7) is 3.99. The first-order chi connectivity index (χ1) is 6.22. The quantitative estimate of drug-likeness (QED) is 0.595. The van der Waals surface area contributed by atoms with Crippen molar-refractivity contribution in [2.24, 2.45) is 0 Å². The Morgan fingerprint density at radius 2 is 1.92 bits per heavy atom. The average Bonchev–Trinajstić information content (AvgIpc) is 2.08. The van der Waals surface area contributed by atoms with E-state index in [2.05, 4.69) is 0 Å². The second-order valence-corrected chi connectivity index (χ2v) is 3.93. The maximum Gasteiger partial charge on any atom is 0.119 e. The van der Waals surface area contributed by atoms with Gasteiger partial charge in [-0.05, 0) is 38.1 Å². The normalized spacial score (nSPS) is 10.5. The molecule has 0 unspecified atom stereocenters. The monoisotopic (exact) mass is 198 g/mol. The second kappa shape index (κ2) is 5.14. The van der Waals surface area contributed by atoms with Gasteiger partial charge in [0.2, 0.25) is 0 Å². The molecule has 1 aromatic rings. The number of aliphatic hydroxyl groups excluding tert-OH is 1. The number of aliphatic hydroxyl groups is 1. The fourth-order valence-corrected chi connectivity index (χ4v) is 1.44. The van der Waals surface area contributed by atoms with Gasteiger partial charge in [0.25, 0.3) is 0 Å². The van der Waals surface area contributed by atoms with Gasteiger partial charge in [-0.15, -0.1) is 0 Å². The lowest BCUT2D eigenvalue weighted by atomic mass is 10.3. The van der Waals surface area contributed by atoms with Crippen LogP contribution in [0.25, 0.3) is 0 Å². The van der Waals surface area contributed by atoms with Crippen molar-refractivity contribution in [2.45, 2.75) is 24.8 Å². The van der Waals surface area contributed by atoms with Crippen molar-refractivity contribution in [1.82, 2.24) is 0 Å². The third-order valence-corrected chi connectivity index (χ3v) is 2.16. The smallest absolute Gasteiger partial charge is 0.119 e. The summed E-state index contributed by atoms with van der Waals surface area (Å²) in [4.78, 5) is 1.05. The molecule has 1 aromatic carbocycles. The molecule has 0 spiro atoms. The van der Waals surface area contributed by atoms with E-state index in [9.17, 15) is 0 Å². The molecule has 1 rings (SSSR count). The minimum atomic E-state index is 0.115. The predicted octanol–water partition coefficient (Wildman–Crippen LogP) is 2.52. The van der Waals surface area contributed by atoms with Crippen molar-refractivity contribution < 1.29 is 9.84 Å². The fourth-order valence-electron chi connectivity index (χ4n) is 0.961. The summed E-state index contributed by atoms with van der Waals surface area (Å²) in [5.74, 6) is 0.988. The molecule has 0 amide bonds. The summed E-state index contributed by atoms with van der Waals surface area (Å²) in [6.07, 6.45) is 0.205. The molecule has 13 heavy (non-hydrogen) atoms. The van der Waals surface area contributed by atoms with Crippen molar-refractivity contribution >= 4 is 11.8 Å². The predicted molar refractivity (Wildman–Crippen MR) is 55.1 cm³/mol. The van der Waals surface area contributed by atoms with E-state index in [1.165, 1.54) is 11.8 Å². The molecule has 1 N–H and O–H groups in total. The summed E-state index contributed by atoms with van der Waals surface area (Å²) in [5.41, 5.74) is 0. The lowest BCUT2D eigenvalue weighted by Gasteiger charge is -2.09. The number of thioether (sulfide) groups is 1. The van der Waals surface area contributed by atoms with Gasteiger partial charge >= 0.3 is 0 Å².